The van der Waals surface area contributed by atoms with Crippen LogP contribution in [0.3, 0.4) is 0 Å². The minimum absolute atomic E-state index is 0.110. The molecule has 0 aliphatic carbocycles. The first kappa shape index (κ1) is 12.9. The van der Waals surface area contributed by atoms with Crippen molar-refractivity contribution in [2.45, 2.75) is 6.92 Å². The molecule has 2 heterocycles. The molecule has 1 saturated heterocycles. The number of anilines is 1. The fourth-order valence-electron chi connectivity index (χ4n) is 2.60. The number of halogens is 1. The number of aromatic carboxylic acids is 1. The molecule has 20 heavy (non-hydrogen) atoms. The third-order valence-corrected chi connectivity index (χ3v) is 3.69. The van der Waals surface area contributed by atoms with Gasteiger partial charge in [0.15, 0.2) is 0 Å². The fourth-order valence-corrected chi connectivity index (χ4v) is 2.60. The summed E-state index contributed by atoms with van der Waals surface area (Å²) in [6.45, 7) is 4.08. The maximum absolute atomic E-state index is 14.3. The molecule has 0 spiro atoms. The van der Waals surface area contributed by atoms with Crippen LogP contribution in [0.2, 0.25) is 0 Å². The Kier molecular flexibility index (Phi) is 3.10. The lowest BCUT2D eigenvalue weighted by Gasteiger charge is -2.29. The Morgan fingerprint density at radius 3 is 2.75 bits per heavy atom. The minimum atomic E-state index is -1.04. The summed E-state index contributed by atoms with van der Waals surface area (Å²) in [5.41, 5.74) is 1.79. The van der Waals surface area contributed by atoms with Gasteiger partial charge in [-0.25, -0.2) is 9.18 Å². The van der Waals surface area contributed by atoms with Crippen LogP contribution < -0.4 is 4.90 Å². The average molecular weight is 278 g/mol. The number of carboxylic acid groups (broad SMARTS) is 1. The van der Waals surface area contributed by atoms with Crippen molar-refractivity contribution in [2.24, 2.45) is 0 Å². The molecule has 2 N–H and O–H groups in total. The van der Waals surface area contributed by atoms with Crippen molar-refractivity contribution in [2.75, 3.05) is 31.2 Å². The predicted octanol–water partition coefficient (Wildman–Crippen LogP) is 2.15. The summed E-state index contributed by atoms with van der Waals surface area (Å²) in [4.78, 5) is 15.9. The van der Waals surface area contributed by atoms with Crippen molar-refractivity contribution in [3.8, 4) is 0 Å². The number of fused-ring (bicyclic) bond motifs is 1. The van der Waals surface area contributed by atoms with E-state index in [2.05, 4.69) is 4.98 Å². The second-order valence-corrected chi connectivity index (χ2v) is 4.88. The fraction of sp³-hybridized carbons (Fsp3) is 0.357. The molecule has 0 bridgehead atoms. The first-order valence-electron chi connectivity index (χ1n) is 6.45. The molecule has 0 atom stereocenters. The van der Waals surface area contributed by atoms with Crippen molar-refractivity contribution in [3.05, 3.63) is 29.2 Å². The van der Waals surface area contributed by atoms with E-state index < -0.39 is 5.97 Å². The SMILES string of the molecule is Cc1c(C(=O)O)[nH]c2cc(N3CCOCC3)c(F)cc12. The van der Waals surface area contributed by atoms with E-state index in [-0.39, 0.29) is 11.5 Å². The van der Waals surface area contributed by atoms with Crippen molar-refractivity contribution in [1.29, 1.82) is 0 Å². The lowest BCUT2D eigenvalue weighted by atomic mass is 10.1. The number of H-pyrrole nitrogens is 1. The van der Waals surface area contributed by atoms with Crippen LogP contribution >= 0.6 is 0 Å². The summed E-state index contributed by atoms with van der Waals surface area (Å²) >= 11 is 0. The van der Waals surface area contributed by atoms with Crippen LogP contribution in [0.4, 0.5) is 10.1 Å². The molecule has 1 aromatic carbocycles. The molecule has 0 saturated carbocycles. The quantitative estimate of drug-likeness (QED) is 0.883. The number of aryl methyl sites for hydroxylation is 1. The molecule has 1 aliphatic heterocycles. The second-order valence-electron chi connectivity index (χ2n) is 4.88. The number of hydrogen-bond acceptors (Lipinski definition) is 3. The number of nitrogens with zero attached hydrogens (tertiary/aromatic N) is 1. The molecule has 1 aliphatic rings. The van der Waals surface area contributed by atoms with Gasteiger partial charge in [0.2, 0.25) is 0 Å². The van der Waals surface area contributed by atoms with Crippen LogP contribution in [0, 0.1) is 12.7 Å². The Morgan fingerprint density at radius 2 is 2.10 bits per heavy atom. The topological polar surface area (TPSA) is 65.6 Å². The molecule has 3 rings (SSSR count). The van der Waals surface area contributed by atoms with Crippen LogP contribution in [-0.4, -0.2) is 42.4 Å². The van der Waals surface area contributed by atoms with E-state index >= 15 is 0 Å². The van der Waals surface area contributed by atoms with Crippen LogP contribution in [0.25, 0.3) is 10.9 Å². The van der Waals surface area contributed by atoms with Crippen molar-refractivity contribution >= 4 is 22.6 Å². The standard InChI is InChI=1S/C14H15FN2O3/c1-8-9-6-10(15)12(17-2-4-20-5-3-17)7-11(9)16-13(8)14(18)19/h6-7,16H,2-5H2,1H3,(H,18,19). The molecule has 0 amide bonds. The monoisotopic (exact) mass is 278 g/mol. The summed E-state index contributed by atoms with van der Waals surface area (Å²) in [5, 5.41) is 9.71. The number of carboxylic acids is 1. The number of carbonyl (C=O) groups is 1. The second kappa shape index (κ2) is 4.79. The summed E-state index contributed by atoms with van der Waals surface area (Å²) in [5.74, 6) is -1.37. The number of nitrogens with one attached hydrogen (secondary N) is 1. The third kappa shape index (κ3) is 2.02. The van der Waals surface area contributed by atoms with Crippen molar-refractivity contribution in [1.82, 2.24) is 4.98 Å². The van der Waals surface area contributed by atoms with Gasteiger partial charge < -0.3 is 19.7 Å². The number of rotatable bonds is 2. The number of aromatic amines is 1. The maximum atomic E-state index is 14.3. The zero-order valence-corrected chi connectivity index (χ0v) is 11.1. The van der Waals surface area contributed by atoms with Gasteiger partial charge in [-0.05, 0) is 24.6 Å². The first-order valence-corrected chi connectivity index (χ1v) is 6.45. The normalized spacial score (nSPS) is 15.8. The zero-order valence-electron chi connectivity index (χ0n) is 11.1. The Bertz CT molecular complexity index is 675. The smallest absolute Gasteiger partial charge is 0.352 e. The van der Waals surface area contributed by atoms with Crippen molar-refractivity contribution in [3.63, 3.8) is 0 Å². The Balaban J connectivity index is 2.11. The Morgan fingerprint density at radius 1 is 1.40 bits per heavy atom. The minimum Gasteiger partial charge on any atom is -0.477 e. The molecule has 0 unspecified atom stereocenters. The third-order valence-electron chi connectivity index (χ3n) is 3.69. The molecule has 1 fully saturated rings. The van der Waals surface area contributed by atoms with Gasteiger partial charge in [0.25, 0.3) is 0 Å². The molecular weight excluding hydrogens is 263 g/mol. The summed E-state index contributed by atoms with van der Waals surface area (Å²) in [7, 11) is 0. The highest BCUT2D eigenvalue weighted by molar-refractivity contribution is 5.98. The van der Waals surface area contributed by atoms with E-state index in [1.165, 1.54) is 6.07 Å². The maximum Gasteiger partial charge on any atom is 0.352 e. The van der Waals surface area contributed by atoms with Gasteiger partial charge in [-0.3, -0.25) is 0 Å². The number of ether oxygens (including phenoxy) is 1. The van der Waals surface area contributed by atoms with Crippen molar-refractivity contribution < 1.29 is 19.0 Å². The molecule has 106 valence electrons. The van der Waals surface area contributed by atoms with E-state index in [0.29, 0.717) is 48.5 Å². The predicted molar refractivity (Wildman–Crippen MR) is 73.0 cm³/mol. The van der Waals surface area contributed by atoms with Gasteiger partial charge in [0.05, 0.1) is 18.9 Å². The average Bonchev–Trinajstić information content (AvgIpc) is 2.76. The number of aromatic nitrogens is 1. The number of hydrogen-bond donors (Lipinski definition) is 2. The van der Waals surface area contributed by atoms with E-state index in [9.17, 15) is 9.18 Å². The molecule has 5 nitrogen and oxygen atoms in total. The van der Waals surface area contributed by atoms with Gasteiger partial charge in [-0.2, -0.15) is 0 Å². The first-order chi connectivity index (χ1) is 9.58. The van der Waals surface area contributed by atoms with E-state index in [4.69, 9.17) is 9.84 Å². The van der Waals surface area contributed by atoms with Gasteiger partial charge in [-0.1, -0.05) is 0 Å². The highest BCUT2D eigenvalue weighted by Crippen LogP contribution is 2.29. The molecule has 6 heteroatoms. The van der Waals surface area contributed by atoms with Crippen LogP contribution in [-0.2, 0) is 4.74 Å². The number of benzene rings is 1. The van der Waals surface area contributed by atoms with Gasteiger partial charge >= 0.3 is 5.97 Å². The molecular formula is C14H15FN2O3. The lowest BCUT2D eigenvalue weighted by molar-refractivity contribution is 0.0690. The largest absolute Gasteiger partial charge is 0.477 e. The van der Waals surface area contributed by atoms with Crippen LogP contribution in [0.1, 0.15) is 16.1 Å². The van der Waals surface area contributed by atoms with Gasteiger partial charge in [-0.15, -0.1) is 0 Å². The Hall–Kier alpha value is -2.08. The summed E-state index contributed by atoms with van der Waals surface area (Å²) < 4.78 is 19.5. The van der Waals surface area contributed by atoms with Crippen LogP contribution in [0.15, 0.2) is 12.1 Å². The molecule has 2 aromatic rings. The lowest BCUT2D eigenvalue weighted by Crippen LogP contribution is -2.36. The van der Waals surface area contributed by atoms with E-state index in [1.54, 1.807) is 13.0 Å². The molecule has 1 aromatic heterocycles. The number of morpholine rings is 1. The summed E-state index contributed by atoms with van der Waals surface area (Å²) in [6.07, 6.45) is 0. The van der Waals surface area contributed by atoms with Gasteiger partial charge in [0, 0.05) is 24.0 Å². The highest BCUT2D eigenvalue weighted by Gasteiger charge is 2.19. The van der Waals surface area contributed by atoms with E-state index in [0.717, 1.165) is 0 Å². The Labute approximate surface area is 115 Å². The van der Waals surface area contributed by atoms with E-state index in [1.807, 2.05) is 4.90 Å². The molecule has 0 radical (unpaired) electrons. The van der Waals surface area contributed by atoms with Crippen LogP contribution in [0.5, 0.6) is 0 Å². The highest BCUT2D eigenvalue weighted by atomic mass is 19.1. The van der Waals surface area contributed by atoms with Gasteiger partial charge in [0.1, 0.15) is 11.5 Å². The summed E-state index contributed by atoms with van der Waals surface area (Å²) in [6, 6.07) is 3.08. The zero-order chi connectivity index (χ0) is 14.3.